The Balaban J connectivity index is 1.43. The van der Waals surface area contributed by atoms with Crippen LogP contribution in [0, 0.1) is 17.2 Å². The van der Waals surface area contributed by atoms with Gasteiger partial charge in [-0.15, -0.1) is 0 Å². The summed E-state index contributed by atoms with van der Waals surface area (Å²) in [5.41, 5.74) is -0.271. The summed E-state index contributed by atoms with van der Waals surface area (Å²) < 4.78 is 5.75. The van der Waals surface area contributed by atoms with E-state index in [1.54, 1.807) is 0 Å². The van der Waals surface area contributed by atoms with Crippen molar-refractivity contribution >= 4 is 0 Å². The lowest BCUT2D eigenvalue weighted by Crippen LogP contribution is -2.53. The number of hydrogen-bond acceptors (Lipinski definition) is 4. The van der Waals surface area contributed by atoms with E-state index >= 15 is 0 Å². The molecule has 0 aromatic carbocycles. The SMILES string of the molecule is CN(CCOCC1CC1)C1CCCC(C#N)(NC2CC2)C1. The van der Waals surface area contributed by atoms with Crippen LogP contribution >= 0.6 is 0 Å². The van der Waals surface area contributed by atoms with Crippen molar-refractivity contribution in [3.63, 3.8) is 0 Å². The van der Waals surface area contributed by atoms with Crippen LogP contribution in [-0.4, -0.2) is 49.3 Å². The van der Waals surface area contributed by atoms with Crippen LogP contribution in [0.15, 0.2) is 0 Å². The second-order valence-electron chi connectivity index (χ2n) is 7.36. The average molecular weight is 291 g/mol. The summed E-state index contributed by atoms with van der Waals surface area (Å²) in [5, 5.41) is 13.3. The largest absolute Gasteiger partial charge is 0.380 e. The van der Waals surface area contributed by atoms with Crippen LogP contribution in [0.25, 0.3) is 0 Å². The van der Waals surface area contributed by atoms with Gasteiger partial charge in [-0.3, -0.25) is 5.32 Å². The number of hydrogen-bond donors (Lipinski definition) is 1. The average Bonchev–Trinajstić information content (AvgIpc) is 3.39. The van der Waals surface area contributed by atoms with E-state index in [1.807, 2.05) is 0 Å². The highest BCUT2D eigenvalue weighted by Gasteiger charge is 2.41. The monoisotopic (exact) mass is 291 g/mol. The summed E-state index contributed by atoms with van der Waals surface area (Å²) in [4.78, 5) is 2.41. The fraction of sp³-hybridized carbons (Fsp3) is 0.941. The van der Waals surface area contributed by atoms with E-state index in [2.05, 4.69) is 23.3 Å². The molecule has 4 nitrogen and oxygen atoms in total. The molecular weight excluding hydrogens is 262 g/mol. The third kappa shape index (κ3) is 4.42. The zero-order valence-corrected chi connectivity index (χ0v) is 13.3. The van der Waals surface area contributed by atoms with E-state index in [9.17, 15) is 5.26 Å². The predicted molar refractivity (Wildman–Crippen MR) is 82.9 cm³/mol. The van der Waals surface area contributed by atoms with Gasteiger partial charge in [0.15, 0.2) is 0 Å². The van der Waals surface area contributed by atoms with Gasteiger partial charge in [-0.05, 0) is 64.3 Å². The molecule has 1 N–H and O–H groups in total. The summed E-state index contributed by atoms with van der Waals surface area (Å²) in [6.07, 6.45) is 9.58. The number of rotatable bonds is 8. The molecule has 3 aliphatic rings. The van der Waals surface area contributed by atoms with Gasteiger partial charge in [-0.25, -0.2) is 0 Å². The molecule has 0 bridgehead atoms. The molecule has 0 heterocycles. The summed E-state index contributed by atoms with van der Waals surface area (Å²) in [6.45, 7) is 2.77. The van der Waals surface area contributed by atoms with Crippen molar-refractivity contribution in [1.29, 1.82) is 5.26 Å². The van der Waals surface area contributed by atoms with E-state index < -0.39 is 0 Å². The quantitative estimate of drug-likeness (QED) is 0.697. The van der Waals surface area contributed by atoms with Crippen LogP contribution < -0.4 is 5.32 Å². The first-order valence-electron chi connectivity index (χ1n) is 8.68. The molecule has 2 unspecified atom stereocenters. The molecule has 3 aliphatic carbocycles. The van der Waals surface area contributed by atoms with Gasteiger partial charge in [0, 0.05) is 25.2 Å². The van der Waals surface area contributed by atoms with Gasteiger partial charge in [0.05, 0.1) is 12.7 Å². The third-order valence-electron chi connectivity index (χ3n) is 5.26. The second kappa shape index (κ2) is 6.64. The molecule has 4 heteroatoms. The van der Waals surface area contributed by atoms with Gasteiger partial charge >= 0.3 is 0 Å². The second-order valence-corrected chi connectivity index (χ2v) is 7.36. The van der Waals surface area contributed by atoms with Gasteiger partial charge in [0.1, 0.15) is 5.54 Å². The zero-order valence-electron chi connectivity index (χ0n) is 13.3. The summed E-state index contributed by atoms with van der Waals surface area (Å²) in [6, 6.07) is 3.72. The van der Waals surface area contributed by atoms with Crippen LogP contribution in [0.4, 0.5) is 0 Å². The highest BCUT2D eigenvalue weighted by molar-refractivity contribution is 5.13. The van der Waals surface area contributed by atoms with Crippen molar-refractivity contribution in [1.82, 2.24) is 10.2 Å². The molecule has 3 rings (SSSR count). The van der Waals surface area contributed by atoms with E-state index in [4.69, 9.17) is 4.74 Å². The molecule has 0 aliphatic heterocycles. The molecule has 3 fully saturated rings. The lowest BCUT2D eigenvalue weighted by molar-refractivity contribution is 0.0745. The van der Waals surface area contributed by atoms with Crippen LogP contribution in [-0.2, 0) is 4.74 Å². The Labute approximate surface area is 128 Å². The zero-order chi connectivity index (χ0) is 14.7. The van der Waals surface area contributed by atoms with Gasteiger partial charge in [0.25, 0.3) is 0 Å². The highest BCUT2D eigenvalue weighted by Crippen LogP contribution is 2.34. The molecule has 2 atom stereocenters. The Morgan fingerprint density at radius 2 is 2.10 bits per heavy atom. The van der Waals surface area contributed by atoms with Crippen molar-refractivity contribution in [2.75, 3.05) is 26.8 Å². The molecule has 0 spiro atoms. The summed E-state index contributed by atoms with van der Waals surface area (Å²) >= 11 is 0. The van der Waals surface area contributed by atoms with Crippen LogP contribution in [0.2, 0.25) is 0 Å². The minimum atomic E-state index is -0.271. The number of likely N-dealkylation sites (N-methyl/N-ethyl adjacent to an activating group) is 1. The lowest BCUT2D eigenvalue weighted by Gasteiger charge is -2.40. The minimum Gasteiger partial charge on any atom is -0.380 e. The number of nitriles is 1. The number of nitrogens with one attached hydrogen (secondary N) is 1. The molecule has 0 saturated heterocycles. The molecule has 0 aromatic rings. The van der Waals surface area contributed by atoms with Gasteiger partial charge in [0.2, 0.25) is 0 Å². The van der Waals surface area contributed by atoms with Crippen molar-refractivity contribution < 1.29 is 4.74 Å². The van der Waals surface area contributed by atoms with E-state index in [1.165, 1.54) is 32.1 Å². The fourth-order valence-corrected chi connectivity index (χ4v) is 3.43. The third-order valence-corrected chi connectivity index (χ3v) is 5.26. The highest BCUT2D eigenvalue weighted by atomic mass is 16.5. The Hall–Kier alpha value is -0.630. The van der Waals surface area contributed by atoms with Crippen molar-refractivity contribution in [2.45, 2.75) is 69.0 Å². The van der Waals surface area contributed by atoms with Crippen molar-refractivity contribution in [3.05, 3.63) is 0 Å². The molecule has 3 saturated carbocycles. The Kier molecular flexibility index (Phi) is 4.83. The van der Waals surface area contributed by atoms with Crippen LogP contribution in [0.3, 0.4) is 0 Å². The van der Waals surface area contributed by atoms with Gasteiger partial charge in [-0.2, -0.15) is 5.26 Å². The van der Waals surface area contributed by atoms with Crippen LogP contribution in [0.5, 0.6) is 0 Å². The molecule has 0 amide bonds. The van der Waals surface area contributed by atoms with E-state index in [0.29, 0.717) is 12.1 Å². The van der Waals surface area contributed by atoms with Crippen molar-refractivity contribution in [2.24, 2.45) is 5.92 Å². The normalized spacial score (nSPS) is 33.1. The summed E-state index contributed by atoms with van der Waals surface area (Å²) in [5.74, 6) is 0.846. The van der Waals surface area contributed by atoms with E-state index in [-0.39, 0.29) is 5.54 Å². The standard InChI is InChI=1S/C17H29N3O/c1-20(9-10-21-12-14-4-5-14)16-3-2-8-17(11-16,13-18)19-15-6-7-15/h14-16,19H,2-12H2,1H3. The van der Waals surface area contributed by atoms with Crippen LogP contribution in [0.1, 0.15) is 51.4 Å². The molecule has 118 valence electrons. The smallest absolute Gasteiger partial charge is 0.108 e. The van der Waals surface area contributed by atoms with E-state index in [0.717, 1.165) is 44.9 Å². The number of ether oxygens (including phenoxy) is 1. The topological polar surface area (TPSA) is 48.3 Å². The molecule has 0 radical (unpaired) electrons. The van der Waals surface area contributed by atoms with Gasteiger partial charge in [-0.1, -0.05) is 0 Å². The molecule has 0 aromatic heterocycles. The Morgan fingerprint density at radius 3 is 2.76 bits per heavy atom. The molecular formula is C17H29N3O. The first-order valence-corrected chi connectivity index (χ1v) is 8.68. The lowest BCUT2D eigenvalue weighted by atomic mass is 9.79. The van der Waals surface area contributed by atoms with Crippen molar-refractivity contribution in [3.8, 4) is 6.07 Å². The van der Waals surface area contributed by atoms with Gasteiger partial charge < -0.3 is 9.64 Å². The first kappa shape index (κ1) is 15.3. The maximum atomic E-state index is 9.64. The summed E-state index contributed by atoms with van der Waals surface area (Å²) in [7, 11) is 2.19. The Bertz CT molecular complexity index is 386. The first-order chi connectivity index (χ1) is 10.2. The Morgan fingerprint density at radius 1 is 1.29 bits per heavy atom. The predicted octanol–water partition coefficient (Wildman–Crippen LogP) is 2.30. The number of nitrogens with zero attached hydrogens (tertiary/aromatic N) is 2. The minimum absolute atomic E-state index is 0.271. The maximum absolute atomic E-state index is 9.64. The fourth-order valence-electron chi connectivity index (χ4n) is 3.43. The molecule has 21 heavy (non-hydrogen) atoms. The maximum Gasteiger partial charge on any atom is 0.108 e.